The average molecular weight is 713 g/mol. The quantitative estimate of drug-likeness (QED) is 0.293. The fraction of sp³-hybridized carbons (Fsp3) is 0.583. The molecular formula is C36H42NO14. The number of esters is 1. The van der Waals surface area contributed by atoms with Crippen LogP contribution in [-0.4, -0.2) is 109 Å². The van der Waals surface area contributed by atoms with Gasteiger partial charge in [0.25, 0.3) is 0 Å². The number of phenolic OH excluding ortho intramolecular Hbond substituents is 1. The van der Waals surface area contributed by atoms with Crippen LogP contribution in [0.5, 0.6) is 28.7 Å². The molecule has 8 rings (SSSR count). The van der Waals surface area contributed by atoms with Crippen molar-refractivity contribution >= 4 is 5.97 Å². The van der Waals surface area contributed by atoms with Gasteiger partial charge in [0.2, 0.25) is 12.5 Å². The first-order chi connectivity index (χ1) is 24.2. The van der Waals surface area contributed by atoms with Crippen LogP contribution in [0.1, 0.15) is 56.4 Å². The Morgan fingerprint density at radius 2 is 1.55 bits per heavy atom. The first-order valence-corrected chi connectivity index (χ1v) is 16.9. The minimum absolute atomic E-state index is 0.00328. The van der Waals surface area contributed by atoms with Crippen LogP contribution in [0, 0.1) is 11.8 Å². The van der Waals surface area contributed by atoms with E-state index in [2.05, 4.69) is 0 Å². The van der Waals surface area contributed by atoms with Crippen molar-refractivity contribution in [2.45, 2.75) is 87.8 Å². The smallest absolute Gasteiger partial charge is 0.310 e. The predicted octanol–water partition coefficient (Wildman–Crippen LogP) is 2.46. The Bertz CT molecular complexity index is 1730. The molecule has 51 heavy (non-hydrogen) atoms. The number of aliphatic hydroxyl groups excluding tert-OH is 2. The average Bonchev–Trinajstić information content (AvgIpc) is 3.78. The Labute approximate surface area is 294 Å². The van der Waals surface area contributed by atoms with Crippen LogP contribution in [0.15, 0.2) is 35.9 Å². The van der Waals surface area contributed by atoms with E-state index >= 15 is 0 Å². The van der Waals surface area contributed by atoms with Gasteiger partial charge in [0.15, 0.2) is 35.6 Å². The van der Waals surface area contributed by atoms with Crippen molar-refractivity contribution in [3.05, 3.63) is 52.6 Å². The van der Waals surface area contributed by atoms with E-state index in [1.54, 1.807) is 52.0 Å². The van der Waals surface area contributed by atoms with Crippen LogP contribution in [0.2, 0.25) is 0 Å². The molecule has 3 saturated heterocycles. The van der Waals surface area contributed by atoms with E-state index in [-0.39, 0.29) is 37.3 Å². The van der Waals surface area contributed by atoms with E-state index in [0.717, 1.165) is 5.06 Å². The van der Waals surface area contributed by atoms with Crippen molar-refractivity contribution in [2.75, 3.05) is 34.2 Å². The summed E-state index contributed by atoms with van der Waals surface area (Å²) in [7, 11) is 2.85. The van der Waals surface area contributed by atoms with Gasteiger partial charge >= 0.3 is 5.97 Å². The molecule has 15 nitrogen and oxygen atoms in total. The van der Waals surface area contributed by atoms with Crippen LogP contribution < -0.4 is 18.9 Å². The Morgan fingerprint density at radius 3 is 2.18 bits per heavy atom. The van der Waals surface area contributed by atoms with E-state index in [9.17, 15) is 25.3 Å². The lowest BCUT2D eigenvalue weighted by Crippen LogP contribution is -2.64. The van der Waals surface area contributed by atoms with Crippen LogP contribution in [0.4, 0.5) is 0 Å². The minimum atomic E-state index is -1.56. The maximum atomic E-state index is 13.6. The number of nitrogens with zero attached hydrogens (tertiary/aromatic N) is 1. The third kappa shape index (κ3) is 5.28. The van der Waals surface area contributed by atoms with Crippen molar-refractivity contribution in [1.29, 1.82) is 0 Å². The highest BCUT2D eigenvalue weighted by molar-refractivity contribution is 5.79. The van der Waals surface area contributed by atoms with Gasteiger partial charge in [0.05, 0.1) is 50.5 Å². The molecule has 2 aromatic rings. The second-order valence-corrected chi connectivity index (χ2v) is 14.9. The van der Waals surface area contributed by atoms with Gasteiger partial charge in [-0.05, 0) is 68.7 Å². The van der Waals surface area contributed by atoms with Gasteiger partial charge in [-0.15, -0.1) is 10.3 Å². The van der Waals surface area contributed by atoms with Gasteiger partial charge in [-0.1, -0.05) is 6.08 Å². The molecule has 15 heteroatoms. The van der Waals surface area contributed by atoms with E-state index in [4.69, 9.17) is 42.6 Å². The Balaban J connectivity index is 1.12. The van der Waals surface area contributed by atoms with Crippen LogP contribution in [-0.2, 0) is 33.7 Å². The van der Waals surface area contributed by atoms with Gasteiger partial charge in [0, 0.05) is 17.4 Å². The summed E-state index contributed by atoms with van der Waals surface area (Å²) in [6.45, 7) is 7.17. The number of benzene rings is 2. The van der Waals surface area contributed by atoms with Crippen molar-refractivity contribution in [2.24, 2.45) is 11.8 Å². The third-order valence-electron chi connectivity index (χ3n) is 11.1. The van der Waals surface area contributed by atoms with Crippen molar-refractivity contribution in [3.63, 3.8) is 0 Å². The molecule has 3 fully saturated rings. The minimum Gasteiger partial charge on any atom is -0.502 e. The fourth-order valence-electron chi connectivity index (χ4n) is 8.58. The molecule has 4 unspecified atom stereocenters. The number of rotatable bonds is 6. The number of cyclic esters (lactones) is 1. The molecule has 10 atom stereocenters. The maximum Gasteiger partial charge on any atom is 0.310 e. The highest BCUT2D eigenvalue weighted by Crippen LogP contribution is 2.57. The monoisotopic (exact) mass is 712 g/mol. The number of fused-ring (bicyclic) bond motifs is 4. The lowest BCUT2D eigenvalue weighted by Gasteiger charge is -2.48. The second-order valence-electron chi connectivity index (χ2n) is 14.9. The topological polar surface area (TPSA) is 184 Å². The zero-order chi connectivity index (χ0) is 36.1. The zero-order valence-corrected chi connectivity index (χ0v) is 29.1. The number of hydrogen-bond acceptors (Lipinski definition) is 14. The lowest BCUT2D eigenvalue weighted by molar-refractivity contribution is -0.363. The number of carbonyl (C=O) groups is 1. The Morgan fingerprint density at radius 1 is 0.882 bits per heavy atom. The summed E-state index contributed by atoms with van der Waals surface area (Å²) in [5.74, 6) is -1.30. The van der Waals surface area contributed by atoms with Crippen molar-refractivity contribution in [1.82, 2.24) is 5.06 Å². The predicted molar refractivity (Wildman–Crippen MR) is 171 cm³/mol. The molecule has 1 aliphatic carbocycles. The third-order valence-corrected chi connectivity index (χ3v) is 11.1. The number of hydroxylamine groups is 2. The summed E-state index contributed by atoms with van der Waals surface area (Å²) in [5, 5.41) is 47.6. The Kier molecular flexibility index (Phi) is 8.23. The van der Waals surface area contributed by atoms with Crippen LogP contribution in [0.3, 0.4) is 0 Å². The SMILES string of the molecule is COc1cc(C2c3cc4c(cc3[C@@H](OC3O[C@@H]5CO[C@H](C6=CC(C)(C)N([O])C6(C)C)O[C@H]5[C@@H](O)[C@@H]3O)C3COC(=O)C23)OCO4)cc(OC)c1O. The number of ether oxygens (including phenoxy) is 9. The fourth-order valence-corrected chi connectivity index (χ4v) is 8.58. The first kappa shape index (κ1) is 34.4. The number of hydrogen-bond donors (Lipinski definition) is 3. The summed E-state index contributed by atoms with van der Waals surface area (Å²) in [6, 6.07) is 6.88. The summed E-state index contributed by atoms with van der Waals surface area (Å²) in [6.07, 6.45) is -6.15. The molecule has 0 bridgehead atoms. The number of carbonyl (C=O) groups excluding carboxylic acids is 1. The number of aromatic hydroxyl groups is 1. The van der Waals surface area contributed by atoms with Crippen molar-refractivity contribution < 1.29 is 68.0 Å². The largest absolute Gasteiger partial charge is 0.502 e. The molecule has 5 heterocycles. The van der Waals surface area contributed by atoms with E-state index < -0.39 is 77.9 Å². The second kappa shape index (κ2) is 12.2. The summed E-state index contributed by atoms with van der Waals surface area (Å²) in [5.41, 5.74) is 0.820. The molecule has 5 aliphatic heterocycles. The molecule has 1 radical (unpaired) electrons. The molecule has 0 saturated carbocycles. The highest BCUT2D eigenvalue weighted by atomic mass is 16.8. The zero-order valence-electron chi connectivity index (χ0n) is 29.1. The highest BCUT2D eigenvalue weighted by Gasteiger charge is 2.57. The normalized spacial score (nSPS) is 36.1. The van der Waals surface area contributed by atoms with Gasteiger partial charge < -0.3 is 58.0 Å². The molecule has 6 aliphatic rings. The Hall–Kier alpha value is -3.67. The van der Waals surface area contributed by atoms with Crippen LogP contribution >= 0.6 is 0 Å². The maximum absolute atomic E-state index is 13.6. The van der Waals surface area contributed by atoms with Crippen molar-refractivity contribution in [3.8, 4) is 28.7 Å². The molecule has 275 valence electrons. The van der Waals surface area contributed by atoms with Crippen LogP contribution in [0.25, 0.3) is 0 Å². The molecule has 0 amide bonds. The van der Waals surface area contributed by atoms with E-state index in [0.29, 0.717) is 33.8 Å². The van der Waals surface area contributed by atoms with E-state index in [1.165, 1.54) is 14.2 Å². The summed E-state index contributed by atoms with van der Waals surface area (Å²) < 4.78 is 53.1. The molecule has 0 spiro atoms. The van der Waals surface area contributed by atoms with Gasteiger partial charge in [-0.2, -0.15) is 0 Å². The first-order valence-electron chi connectivity index (χ1n) is 16.9. The number of phenols is 1. The van der Waals surface area contributed by atoms with E-state index in [1.807, 2.05) is 6.08 Å². The summed E-state index contributed by atoms with van der Waals surface area (Å²) >= 11 is 0. The van der Waals surface area contributed by atoms with Gasteiger partial charge in [-0.3, -0.25) is 4.79 Å². The number of aliphatic hydroxyl groups is 2. The lowest BCUT2D eigenvalue weighted by atomic mass is 9.66. The molecule has 0 aromatic heterocycles. The van der Waals surface area contributed by atoms with Gasteiger partial charge in [0.1, 0.15) is 24.4 Å². The molecular weight excluding hydrogens is 670 g/mol. The van der Waals surface area contributed by atoms with Gasteiger partial charge in [-0.25, -0.2) is 0 Å². The molecule has 2 aromatic carbocycles. The molecule has 3 N–H and O–H groups in total. The summed E-state index contributed by atoms with van der Waals surface area (Å²) in [4.78, 5) is 13.6. The number of methoxy groups -OCH3 is 2. The standard InChI is InChI=1S/C36H42NO14/c1-35(2)11-19(36(3,4)37(35)42)33-46-13-24-31(51-33)28(39)29(40)34(49-24)50-30-17-10-21-20(47-14-48-21)9-16(17)25(26-18(30)12-45-32(26)41)15-7-22(43-5)27(38)23(8-15)44-6/h7-11,18,24-26,28-31,33-34,38-40H,12-14H2,1-6H3/t18?,24-,25?,26?,28+,29+,30-,31-,33+,34?/m1/s1.